The minimum absolute atomic E-state index is 0.143. The molecule has 0 bridgehead atoms. The van der Waals surface area contributed by atoms with Crippen LogP contribution < -0.4 is 5.32 Å². The van der Waals surface area contributed by atoms with Gasteiger partial charge in [-0.1, -0.05) is 29.8 Å². The Hall–Kier alpha value is -3.27. The maximum atomic E-state index is 16.1. The Labute approximate surface area is 242 Å². The summed E-state index contributed by atoms with van der Waals surface area (Å²) in [5.74, 6) is -1.71. The molecule has 1 saturated heterocycles. The first-order chi connectivity index (χ1) is 19.2. The van der Waals surface area contributed by atoms with Crippen LogP contribution in [0.15, 0.2) is 59.1 Å². The number of aromatic nitrogens is 2. The molecule has 3 N–H and O–H groups in total. The van der Waals surface area contributed by atoms with Crippen molar-refractivity contribution in [3.63, 3.8) is 0 Å². The van der Waals surface area contributed by atoms with Crippen LogP contribution in [0.3, 0.4) is 0 Å². The number of aromatic carboxylic acids is 1. The molecule has 3 heterocycles. The lowest BCUT2D eigenvalue weighted by Crippen LogP contribution is -2.52. The first-order valence-corrected chi connectivity index (χ1v) is 14.4. The Kier molecular flexibility index (Phi) is 5.86. The largest absolute Gasteiger partial charge is 0.478 e. The van der Waals surface area contributed by atoms with Gasteiger partial charge in [0.2, 0.25) is 5.91 Å². The first kappa shape index (κ1) is 25.7. The van der Waals surface area contributed by atoms with E-state index in [-0.39, 0.29) is 17.5 Å². The quantitative estimate of drug-likeness (QED) is 0.231. The van der Waals surface area contributed by atoms with E-state index in [2.05, 4.69) is 38.1 Å². The number of rotatable bonds is 5. The summed E-state index contributed by atoms with van der Waals surface area (Å²) in [6.45, 7) is 2.75. The number of aromatic amines is 1. The molecule has 204 valence electrons. The topological polar surface area (TPSA) is 98.3 Å². The number of carbonyl (C=O) groups excluding carboxylic acids is 1. The van der Waals surface area contributed by atoms with Crippen LogP contribution in [0.4, 0.5) is 10.1 Å². The van der Waals surface area contributed by atoms with E-state index in [0.717, 1.165) is 18.4 Å². The van der Waals surface area contributed by atoms with E-state index < -0.39 is 29.2 Å². The molecule has 10 heteroatoms. The number of H-pyrrole nitrogens is 1. The number of nitrogens with zero attached hydrogens (tertiary/aromatic N) is 2. The van der Waals surface area contributed by atoms with Gasteiger partial charge in [0.1, 0.15) is 17.2 Å². The maximum absolute atomic E-state index is 16.1. The lowest BCUT2D eigenvalue weighted by molar-refractivity contribution is -0.127. The first-order valence-electron chi connectivity index (χ1n) is 13.2. The van der Waals surface area contributed by atoms with Gasteiger partial charge in [-0.05, 0) is 83.6 Å². The fraction of sp³-hybridized carbons (Fsp3) is 0.300. The van der Waals surface area contributed by atoms with Crippen LogP contribution in [0.1, 0.15) is 58.9 Å². The fourth-order valence-electron chi connectivity index (χ4n) is 6.89. The van der Waals surface area contributed by atoms with E-state index >= 15 is 4.39 Å². The van der Waals surface area contributed by atoms with Crippen LogP contribution in [0.5, 0.6) is 0 Å². The standard InChI is InChI=1S/C30H25BrClFN4O3/c1-14-24(27-34-21-10-7-16(28(38)39)11-23(21)35-27)25(18-3-2-4-20(31)26(18)33)30(37(14)13-15-5-6-15)19-9-8-17(32)12-22(19)36-29(30)40/h2-4,7-12,14-15,24-25H,5-6,13H2,1H3,(H,34,35)(H,36,40)(H,38,39)/t14-,24+,25-,30+/m0/s1. The number of fused-ring (bicyclic) bond motifs is 3. The second kappa shape index (κ2) is 9.12. The van der Waals surface area contributed by atoms with E-state index in [4.69, 9.17) is 16.6 Å². The molecule has 2 fully saturated rings. The number of carbonyl (C=O) groups is 2. The van der Waals surface area contributed by atoms with Crippen molar-refractivity contribution in [2.45, 2.75) is 43.2 Å². The number of carboxylic acids is 1. The zero-order chi connectivity index (χ0) is 27.9. The number of benzene rings is 3. The Morgan fingerprint density at radius 1 is 1.23 bits per heavy atom. The highest BCUT2D eigenvalue weighted by Crippen LogP contribution is 2.63. The molecule has 7 nitrogen and oxygen atoms in total. The normalized spacial score (nSPS) is 26.0. The summed E-state index contributed by atoms with van der Waals surface area (Å²) in [5, 5.41) is 13.1. The lowest BCUT2D eigenvalue weighted by atomic mass is 9.71. The maximum Gasteiger partial charge on any atom is 0.335 e. The summed E-state index contributed by atoms with van der Waals surface area (Å²) >= 11 is 9.71. The molecule has 7 rings (SSSR count). The van der Waals surface area contributed by atoms with Gasteiger partial charge in [0.15, 0.2) is 0 Å². The average molecular weight is 624 g/mol. The smallest absolute Gasteiger partial charge is 0.335 e. The minimum atomic E-state index is -1.21. The van der Waals surface area contributed by atoms with Crippen molar-refractivity contribution in [2.24, 2.45) is 5.92 Å². The molecule has 1 spiro atoms. The Balaban J connectivity index is 1.51. The molecular weight excluding hydrogens is 599 g/mol. The average Bonchev–Trinajstić information content (AvgIpc) is 3.49. The van der Waals surface area contributed by atoms with Gasteiger partial charge in [-0.2, -0.15) is 0 Å². The Morgan fingerprint density at radius 3 is 2.77 bits per heavy atom. The summed E-state index contributed by atoms with van der Waals surface area (Å²) in [5.41, 5.74) is 1.93. The number of anilines is 1. The second-order valence-electron chi connectivity index (χ2n) is 11.1. The van der Waals surface area contributed by atoms with Crippen molar-refractivity contribution < 1.29 is 19.1 Å². The van der Waals surface area contributed by atoms with Crippen molar-refractivity contribution >= 4 is 56.1 Å². The van der Waals surface area contributed by atoms with Crippen molar-refractivity contribution in [2.75, 3.05) is 11.9 Å². The highest BCUT2D eigenvalue weighted by Gasteiger charge is 2.67. The molecule has 0 unspecified atom stereocenters. The molecule has 40 heavy (non-hydrogen) atoms. The van der Waals surface area contributed by atoms with Gasteiger partial charge in [0.05, 0.1) is 21.1 Å². The van der Waals surface area contributed by atoms with Crippen LogP contribution in [0, 0.1) is 11.7 Å². The van der Waals surface area contributed by atoms with Crippen LogP contribution >= 0.6 is 27.5 Å². The van der Waals surface area contributed by atoms with Gasteiger partial charge < -0.3 is 15.4 Å². The number of hydrogen-bond donors (Lipinski definition) is 3. The molecule has 3 aliphatic rings. The Morgan fingerprint density at radius 2 is 2.02 bits per heavy atom. The third-order valence-electron chi connectivity index (χ3n) is 8.79. The number of halogens is 3. The molecule has 1 amide bonds. The Bertz CT molecular complexity index is 1720. The molecule has 2 aliphatic heterocycles. The number of nitrogens with one attached hydrogen (secondary N) is 2. The van der Waals surface area contributed by atoms with E-state index in [0.29, 0.717) is 50.1 Å². The summed E-state index contributed by atoms with van der Waals surface area (Å²) in [7, 11) is 0. The van der Waals surface area contributed by atoms with Crippen molar-refractivity contribution in [3.8, 4) is 0 Å². The predicted molar refractivity (Wildman–Crippen MR) is 153 cm³/mol. The minimum Gasteiger partial charge on any atom is -0.478 e. The van der Waals surface area contributed by atoms with Gasteiger partial charge >= 0.3 is 5.97 Å². The van der Waals surface area contributed by atoms with E-state index in [9.17, 15) is 14.7 Å². The number of amides is 1. The van der Waals surface area contributed by atoms with Gasteiger partial charge in [0.25, 0.3) is 0 Å². The zero-order valence-corrected chi connectivity index (χ0v) is 23.8. The molecule has 0 radical (unpaired) electrons. The van der Waals surface area contributed by atoms with Crippen molar-refractivity contribution in [1.29, 1.82) is 0 Å². The predicted octanol–water partition coefficient (Wildman–Crippen LogP) is 6.65. The second-order valence-corrected chi connectivity index (χ2v) is 12.3. The molecule has 1 aliphatic carbocycles. The van der Waals surface area contributed by atoms with Crippen LogP contribution in [-0.4, -0.2) is 44.4 Å². The van der Waals surface area contributed by atoms with Gasteiger partial charge in [-0.25, -0.2) is 14.2 Å². The SMILES string of the molecule is C[C@H]1[C@@H](c2nc3ccc(C(=O)O)cc3[nH]2)[C@H](c2cccc(Br)c2F)[C@]2(C(=O)Nc3cc(Cl)ccc32)N1CC1CC1. The fourth-order valence-corrected chi connectivity index (χ4v) is 7.45. The highest BCUT2D eigenvalue weighted by atomic mass is 79.9. The molecule has 3 aromatic carbocycles. The third-order valence-corrected chi connectivity index (χ3v) is 9.64. The summed E-state index contributed by atoms with van der Waals surface area (Å²) in [6.07, 6.45) is 2.16. The van der Waals surface area contributed by atoms with Crippen LogP contribution in [0.2, 0.25) is 5.02 Å². The van der Waals surface area contributed by atoms with Crippen LogP contribution in [0.25, 0.3) is 11.0 Å². The molecular formula is C30H25BrClFN4O3. The van der Waals surface area contributed by atoms with Gasteiger partial charge in [-0.15, -0.1) is 0 Å². The number of hydrogen-bond acceptors (Lipinski definition) is 4. The molecule has 1 saturated carbocycles. The molecule has 1 aromatic heterocycles. The monoisotopic (exact) mass is 622 g/mol. The lowest BCUT2D eigenvalue weighted by Gasteiger charge is -2.39. The third kappa shape index (κ3) is 3.67. The van der Waals surface area contributed by atoms with Crippen molar-refractivity contribution in [1.82, 2.24) is 14.9 Å². The van der Waals surface area contributed by atoms with Gasteiger partial charge in [0, 0.05) is 40.7 Å². The van der Waals surface area contributed by atoms with Gasteiger partial charge in [-0.3, -0.25) is 9.69 Å². The zero-order valence-electron chi connectivity index (χ0n) is 21.4. The molecule has 4 atom stereocenters. The summed E-state index contributed by atoms with van der Waals surface area (Å²) < 4.78 is 16.4. The van der Waals surface area contributed by atoms with Crippen LogP contribution in [-0.2, 0) is 10.3 Å². The highest BCUT2D eigenvalue weighted by molar-refractivity contribution is 9.10. The molecule has 4 aromatic rings. The summed E-state index contributed by atoms with van der Waals surface area (Å²) in [4.78, 5) is 36.5. The number of imidazole rings is 1. The summed E-state index contributed by atoms with van der Waals surface area (Å²) in [6, 6.07) is 15.1. The van der Waals surface area contributed by atoms with E-state index in [1.54, 1.807) is 42.5 Å². The van der Waals surface area contributed by atoms with Crippen molar-refractivity contribution in [3.05, 3.63) is 92.4 Å². The van der Waals surface area contributed by atoms with E-state index in [1.807, 2.05) is 6.07 Å². The van der Waals surface area contributed by atoms with E-state index in [1.165, 1.54) is 6.07 Å². The number of likely N-dealkylation sites (tertiary alicyclic amines) is 1. The number of carboxylic acid groups (broad SMARTS) is 1.